The standard InChI is InChI=1S/C24H28F3N7O3S/c1-3-34-22(37)17(38-23(34)16(11-28)21(36)30-14-24(25,26)27)12-29-18-5-4-6-19(31-18)32-20(35)13-33-9-7-15(2)8-10-33/h4-6,12,15H,3,7-10,13-14H2,1-2H3,(H,30,36)(H2,29,31,32,35)/b17-12+,23-16-. The Labute approximate surface area is 220 Å². The van der Waals surface area contributed by atoms with Gasteiger partial charge in [0.2, 0.25) is 5.91 Å². The van der Waals surface area contributed by atoms with Crippen LogP contribution in [0, 0.1) is 17.2 Å². The minimum Gasteiger partial charge on any atom is -0.345 e. The average Bonchev–Trinajstić information content (AvgIpc) is 3.18. The van der Waals surface area contributed by atoms with Crippen LogP contribution in [0.1, 0.15) is 26.7 Å². The van der Waals surface area contributed by atoms with Gasteiger partial charge < -0.3 is 16.0 Å². The van der Waals surface area contributed by atoms with Gasteiger partial charge in [-0.2, -0.15) is 18.4 Å². The summed E-state index contributed by atoms with van der Waals surface area (Å²) in [4.78, 5) is 43.8. The van der Waals surface area contributed by atoms with Crippen molar-refractivity contribution in [2.75, 3.05) is 36.8 Å². The van der Waals surface area contributed by atoms with Gasteiger partial charge in [-0.25, -0.2) is 4.98 Å². The lowest BCUT2D eigenvalue weighted by Crippen LogP contribution is -2.38. The predicted molar refractivity (Wildman–Crippen MR) is 137 cm³/mol. The van der Waals surface area contributed by atoms with Crippen molar-refractivity contribution in [1.29, 1.82) is 5.26 Å². The molecule has 3 N–H and O–H groups in total. The van der Waals surface area contributed by atoms with Gasteiger partial charge in [0, 0.05) is 12.7 Å². The van der Waals surface area contributed by atoms with Gasteiger partial charge in [-0.1, -0.05) is 13.0 Å². The van der Waals surface area contributed by atoms with Crippen LogP contribution in [0.25, 0.3) is 11.8 Å². The molecule has 14 heteroatoms. The van der Waals surface area contributed by atoms with Crippen LogP contribution in [0.2, 0.25) is 0 Å². The first kappa shape index (κ1) is 28.9. The Balaban J connectivity index is 1.77. The third kappa shape index (κ3) is 7.90. The van der Waals surface area contributed by atoms with E-state index in [4.69, 9.17) is 0 Å². The highest BCUT2D eigenvalue weighted by atomic mass is 32.1. The molecule has 3 rings (SSSR count). The SMILES string of the molecule is CCn1c(=O)/c(=C\Nc2cccc(NC(=O)CN3CCC(C)CC3)n2)s/c1=C(/C#N)C(=O)NCC(F)(F)F. The molecule has 0 aliphatic carbocycles. The quantitative estimate of drug-likeness (QED) is 0.449. The Morgan fingerprint density at radius 1 is 1.26 bits per heavy atom. The predicted octanol–water partition coefficient (Wildman–Crippen LogP) is 1.20. The van der Waals surface area contributed by atoms with Crippen LogP contribution in [0.3, 0.4) is 0 Å². The number of thiazole rings is 1. The van der Waals surface area contributed by atoms with E-state index in [-0.39, 0.29) is 28.2 Å². The van der Waals surface area contributed by atoms with Crippen molar-refractivity contribution in [3.05, 3.63) is 37.7 Å². The molecule has 2 aromatic rings. The number of halogens is 3. The fraction of sp³-hybridized carbons (Fsp3) is 0.458. The van der Waals surface area contributed by atoms with Crippen LogP contribution in [0.15, 0.2) is 23.0 Å². The minimum absolute atomic E-state index is 0.0613. The molecule has 2 aromatic heterocycles. The second-order valence-electron chi connectivity index (χ2n) is 8.81. The lowest BCUT2D eigenvalue weighted by molar-refractivity contribution is -0.135. The number of rotatable bonds is 8. The first-order valence-electron chi connectivity index (χ1n) is 12.0. The first-order valence-corrected chi connectivity index (χ1v) is 12.8. The highest BCUT2D eigenvalue weighted by Gasteiger charge is 2.29. The Morgan fingerprint density at radius 3 is 2.58 bits per heavy atom. The van der Waals surface area contributed by atoms with E-state index in [0.717, 1.165) is 41.8 Å². The number of amides is 2. The third-order valence-corrected chi connectivity index (χ3v) is 6.97. The number of pyridine rings is 1. The van der Waals surface area contributed by atoms with Gasteiger partial charge in [-0.05, 0) is 50.9 Å². The molecule has 2 amide bonds. The maximum atomic E-state index is 12.8. The number of anilines is 2. The van der Waals surface area contributed by atoms with Gasteiger partial charge >= 0.3 is 6.18 Å². The summed E-state index contributed by atoms with van der Waals surface area (Å²) in [5.74, 6) is -0.119. The molecule has 0 atom stereocenters. The lowest BCUT2D eigenvalue weighted by atomic mass is 9.99. The van der Waals surface area contributed by atoms with E-state index < -0.39 is 29.8 Å². The Bertz CT molecular complexity index is 1390. The number of carbonyl (C=O) groups excluding carboxylic acids is 2. The van der Waals surface area contributed by atoms with E-state index >= 15 is 0 Å². The largest absolute Gasteiger partial charge is 0.405 e. The van der Waals surface area contributed by atoms with Crippen molar-refractivity contribution in [2.24, 2.45) is 5.92 Å². The molecule has 0 saturated carbocycles. The molecule has 0 radical (unpaired) electrons. The zero-order chi connectivity index (χ0) is 27.9. The number of hydrogen-bond acceptors (Lipinski definition) is 8. The molecule has 1 aliphatic heterocycles. The second-order valence-corrected chi connectivity index (χ2v) is 9.84. The van der Waals surface area contributed by atoms with Crippen molar-refractivity contribution in [2.45, 2.75) is 39.4 Å². The fourth-order valence-corrected chi connectivity index (χ4v) is 4.87. The molecule has 38 heavy (non-hydrogen) atoms. The van der Waals surface area contributed by atoms with Gasteiger partial charge in [0.15, 0.2) is 5.57 Å². The smallest absolute Gasteiger partial charge is 0.345 e. The molecule has 0 unspecified atom stereocenters. The summed E-state index contributed by atoms with van der Waals surface area (Å²) in [6.45, 7) is 4.29. The zero-order valence-electron chi connectivity index (χ0n) is 20.9. The van der Waals surface area contributed by atoms with Gasteiger partial charge in [0.25, 0.3) is 11.5 Å². The van der Waals surface area contributed by atoms with Crippen molar-refractivity contribution in [1.82, 2.24) is 19.8 Å². The summed E-state index contributed by atoms with van der Waals surface area (Å²) in [6, 6.07) is 6.50. The monoisotopic (exact) mass is 551 g/mol. The molecule has 0 spiro atoms. The number of nitrogens with one attached hydrogen (secondary N) is 3. The van der Waals surface area contributed by atoms with Gasteiger partial charge in [0.05, 0.1) is 6.54 Å². The Morgan fingerprint density at radius 2 is 1.95 bits per heavy atom. The lowest BCUT2D eigenvalue weighted by Gasteiger charge is -2.29. The summed E-state index contributed by atoms with van der Waals surface area (Å²) < 4.78 is 38.6. The van der Waals surface area contributed by atoms with Crippen molar-refractivity contribution in [3.63, 3.8) is 0 Å². The number of piperidine rings is 1. The average molecular weight is 552 g/mol. The van der Waals surface area contributed by atoms with Crippen LogP contribution in [0.4, 0.5) is 24.8 Å². The third-order valence-electron chi connectivity index (χ3n) is 5.84. The number of likely N-dealkylation sites (tertiary alicyclic amines) is 1. The molecular weight excluding hydrogens is 523 g/mol. The number of nitriles is 1. The normalized spacial score (nSPS) is 16.1. The van der Waals surface area contributed by atoms with E-state index in [1.54, 1.807) is 36.5 Å². The van der Waals surface area contributed by atoms with E-state index in [2.05, 4.69) is 27.4 Å². The topological polar surface area (TPSA) is 132 Å². The van der Waals surface area contributed by atoms with Crippen molar-refractivity contribution in [3.8, 4) is 6.07 Å². The van der Waals surface area contributed by atoms with E-state index in [1.807, 2.05) is 0 Å². The molecule has 204 valence electrons. The van der Waals surface area contributed by atoms with Gasteiger partial charge in [-0.15, -0.1) is 11.3 Å². The summed E-state index contributed by atoms with van der Waals surface area (Å²) in [5.41, 5.74) is -1.12. The van der Waals surface area contributed by atoms with Crippen LogP contribution in [0.5, 0.6) is 0 Å². The number of hydrogen-bond donors (Lipinski definition) is 3. The molecule has 3 heterocycles. The molecule has 0 bridgehead atoms. The van der Waals surface area contributed by atoms with Crippen LogP contribution in [-0.2, 0) is 16.1 Å². The molecule has 1 aliphatic rings. The molecule has 1 fully saturated rings. The number of nitrogens with zero attached hydrogens (tertiary/aromatic N) is 4. The molecule has 10 nitrogen and oxygen atoms in total. The Kier molecular flexibility index (Phi) is 9.65. The van der Waals surface area contributed by atoms with E-state index in [0.29, 0.717) is 17.6 Å². The maximum Gasteiger partial charge on any atom is 0.405 e. The van der Waals surface area contributed by atoms with Crippen LogP contribution in [-0.4, -0.2) is 58.6 Å². The first-order chi connectivity index (χ1) is 18.0. The number of alkyl halides is 3. The van der Waals surface area contributed by atoms with Crippen LogP contribution >= 0.6 is 11.3 Å². The highest BCUT2D eigenvalue weighted by Crippen LogP contribution is 2.16. The summed E-state index contributed by atoms with van der Waals surface area (Å²) >= 11 is 0.786. The zero-order valence-corrected chi connectivity index (χ0v) is 21.7. The van der Waals surface area contributed by atoms with Crippen LogP contribution < -0.4 is 30.7 Å². The van der Waals surface area contributed by atoms with Crippen molar-refractivity contribution >= 4 is 46.6 Å². The minimum atomic E-state index is -4.65. The maximum absolute atomic E-state index is 12.8. The summed E-state index contributed by atoms with van der Waals surface area (Å²) in [5, 5.41) is 16.7. The van der Waals surface area contributed by atoms with E-state index in [1.165, 1.54) is 6.20 Å². The Hall–Kier alpha value is -3.70. The van der Waals surface area contributed by atoms with Gasteiger partial charge in [0.1, 0.15) is 33.4 Å². The number of aromatic nitrogens is 2. The number of carbonyl (C=O) groups is 2. The molecule has 1 saturated heterocycles. The van der Waals surface area contributed by atoms with Gasteiger partial charge in [-0.3, -0.25) is 23.9 Å². The summed E-state index contributed by atoms with van der Waals surface area (Å²) in [6.07, 6.45) is -1.21. The van der Waals surface area contributed by atoms with Crippen molar-refractivity contribution < 1.29 is 22.8 Å². The molecular formula is C24H28F3N7O3S. The molecule has 0 aromatic carbocycles. The van der Waals surface area contributed by atoms with E-state index in [9.17, 15) is 32.8 Å². The highest BCUT2D eigenvalue weighted by molar-refractivity contribution is 7.07. The summed E-state index contributed by atoms with van der Waals surface area (Å²) in [7, 11) is 0. The fourth-order valence-electron chi connectivity index (χ4n) is 3.79. The second kappa shape index (κ2) is 12.7.